The van der Waals surface area contributed by atoms with Crippen molar-refractivity contribution in [1.82, 2.24) is 5.32 Å². The third-order valence-corrected chi connectivity index (χ3v) is 4.11. The van der Waals surface area contributed by atoms with Crippen LogP contribution in [0, 0.1) is 0 Å². The largest absolute Gasteiger partial charge is 0.493 e. The minimum Gasteiger partial charge on any atom is -0.493 e. The zero-order valence-corrected chi connectivity index (χ0v) is 15.4. The maximum Gasteiger partial charge on any atom is 0.414 e. The molecule has 0 amide bonds. The molecule has 146 valence electrons. The molecule has 0 saturated heterocycles. The third-order valence-electron chi connectivity index (χ3n) is 4.11. The second kappa shape index (κ2) is 11.2. The van der Waals surface area contributed by atoms with E-state index in [-0.39, 0.29) is 0 Å². The number of nitrogens with one attached hydrogen (secondary N) is 1. The predicted octanol–water partition coefficient (Wildman–Crippen LogP) is 2.29. The molecule has 1 fully saturated rings. The lowest BCUT2D eigenvalue weighted by Gasteiger charge is -2.23. The fourth-order valence-corrected chi connectivity index (χ4v) is 2.81. The summed E-state index contributed by atoms with van der Waals surface area (Å²) in [6.45, 7) is 0.835. The Morgan fingerprint density at radius 1 is 0.962 bits per heavy atom. The Morgan fingerprint density at radius 2 is 1.46 bits per heavy atom. The van der Waals surface area contributed by atoms with Crippen LogP contribution in [0.1, 0.15) is 37.7 Å². The molecule has 1 aromatic carbocycles. The molecule has 0 spiro atoms. The van der Waals surface area contributed by atoms with Gasteiger partial charge in [-0.05, 0) is 30.5 Å². The van der Waals surface area contributed by atoms with E-state index < -0.39 is 11.9 Å². The molecule has 0 aromatic heterocycles. The SMILES string of the molecule is COc1cc(CNC2CCCCC2)cc(OC)c1OC.O=C(O)C(=O)O. The van der Waals surface area contributed by atoms with Gasteiger partial charge in [0, 0.05) is 12.6 Å². The lowest BCUT2D eigenvalue weighted by molar-refractivity contribution is -0.159. The quantitative estimate of drug-likeness (QED) is 0.655. The van der Waals surface area contributed by atoms with Crippen LogP contribution in [-0.4, -0.2) is 49.5 Å². The number of carboxylic acids is 2. The number of benzene rings is 1. The molecule has 1 saturated carbocycles. The van der Waals surface area contributed by atoms with E-state index in [9.17, 15) is 0 Å². The highest BCUT2D eigenvalue weighted by Gasteiger charge is 2.15. The molecule has 8 heteroatoms. The summed E-state index contributed by atoms with van der Waals surface area (Å²) in [5.74, 6) is -1.57. The molecular weight excluding hydrogens is 342 g/mol. The summed E-state index contributed by atoms with van der Waals surface area (Å²) >= 11 is 0. The van der Waals surface area contributed by atoms with Crippen molar-refractivity contribution in [2.24, 2.45) is 0 Å². The molecule has 0 aliphatic heterocycles. The van der Waals surface area contributed by atoms with Crippen LogP contribution in [-0.2, 0) is 16.1 Å². The summed E-state index contributed by atoms with van der Waals surface area (Å²) in [5, 5.41) is 18.4. The van der Waals surface area contributed by atoms with Gasteiger partial charge in [-0.15, -0.1) is 0 Å². The van der Waals surface area contributed by atoms with Crippen molar-refractivity contribution >= 4 is 11.9 Å². The fraction of sp³-hybridized carbons (Fsp3) is 0.556. The Bertz CT molecular complexity index is 560. The maximum atomic E-state index is 9.10. The van der Waals surface area contributed by atoms with Crippen LogP contribution in [0.4, 0.5) is 0 Å². The third kappa shape index (κ3) is 6.79. The highest BCUT2D eigenvalue weighted by molar-refractivity contribution is 6.27. The highest BCUT2D eigenvalue weighted by Crippen LogP contribution is 2.38. The van der Waals surface area contributed by atoms with Gasteiger partial charge in [-0.3, -0.25) is 0 Å². The highest BCUT2D eigenvalue weighted by atomic mass is 16.5. The van der Waals surface area contributed by atoms with Gasteiger partial charge < -0.3 is 29.7 Å². The monoisotopic (exact) mass is 369 g/mol. The Hall–Kier alpha value is -2.48. The second-order valence-electron chi connectivity index (χ2n) is 5.86. The van der Waals surface area contributed by atoms with Crippen LogP contribution in [0.2, 0.25) is 0 Å². The van der Waals surface area contributed by atoms with Gasteiger partial charge in [0.1, 0.15) is 0 Å². The molecule has 0 unspecified atom stereocenters. The first kappa shape index (κ1) is 21.6. The molecule has 1 aromatic rings. The zero-order chi connectivity index (χ0) is 19.5. The smallest absolute Gasteiger partial charge is 0.414 e. The van der Waals surface area contributed by atoms with E-state index in [4.69, 9.17) is 34.0 Å². The Kier molecular flexibility index (Phi) is 9.29. The molecule has 26 heavy (non-hydrogen) atoms. The number of rotatable bonds is 6. The number of carbonyl (C=O) groups is 2. The van der Waals surface area contributed by atoms with E-state index in [1.165, 1.54) is 32.1 Å². The van der Waals surface area contributed by atoms with Crippen molar-refractivity contribution in [3.63, 3.8) is 0 Å². The minimum atomic E-state index is -1.82. The lowest BCUT2D eigenvalue weighted by Crippen LogP contribution is -2.30. The van der Waals surface area contributed by atoms with Crippen molar-refractivity contribution in [1.29, 1.82) is 0 Å². The van der Waals surface area contributed by atoms with E-state index in [1.807, 2.05) is 12.1 Å². The van der Waals surface area contributed by atoms with Gasteiger partial charge in [-0.25, -0.2) is 9.59 Å². The Labute approximate surface area is 153 Å². The number of hydrogen-bond acceptors (Lipinski definition) is 6. The van der Waals surface area contributed by atoms with Gasteiger partial charge in [0.05, 0.1) is 21.3 Å². The topological polar surface area (TPSA) is 114 Å². The van der Waals surface area contributed by atoms with Crippen LogP contribution in [0.5, 0.6) is 17.2 Å². The summed E-state index contributed by atoms with van der Waals surface area (Å²) in [7, 11) is 4.92. The molecule has 8 nitrogen and oxygen atoms in total. The first-order valence-corrected chi connectivity index (χ1v) is 8.41. The summed E-state index contributed by atoms with van der Waals surface area (Å²) in [5.41, 5.74) is 1.16. The molecular formula is C18H27NO7. The number of hydrogen-bond donors (Lipinski definition) is 3. The van der Waals surface area contributed by atoms with E-state index in [0.29, 0.717) is 23.3 Å². The normalized spacial score (nSPS) is 14.0. The average molecular weight is 369 g/mol. The zero-order valence-electron chi connectivity index (χ0n) is 15.4. The molecule has 1 aliphatic carbocycles. The maximum absolute atomic E-state index is 9.10. The second-order valence-corrected chi connectivity index (χ2v) is 5.86. The van der Waals surface area contributed by atoms with Crippen molar-refractivity contribution < 1.29 is 34.0 Å². The summed E-state index contributed by atoms with van der Waals surface area (Å²) in [4.78, 5) is 18.2. The van der Waals surface area contributed by atoms with Gasteiger partial charge >= 0.3 is 11.9 Å². The molecule has 3 N–H and O–H groups in total. The van der Waals surface area contributed by atoms with Crippen LogP contribution in [0.25, 0.3) is 0 Å². The molecule has 0 bridgehead atoms. The van der Waals surface area contributed by atoms with Crippen molar-refractivity contribution in [2.45, 2.75) is 44.7 Å². The van der Waals surface area contributed by atoms with Gasteiger partial charge in [-0.1, -0.05) is 19.3 Å². The lowest BCUT2D eigenvalue weighted by atomic mass is 9.95. The van der Waals surface area contributed by atoms with Crippen LogP contribution in [0.15, 0.2) is 12.1 Å². The van der Waals surface area contributed by atoms with Crippen LogP contribution < -0.4 is 19.5 Å². The molecule has 0 heterocycles. The molecule has 1 aliphatic rings. The number of aliphatic carboxylic acids is 2. The fourth-order valence-electron chi connectivity index (χ4n) is 2.81. The number of methoxy groups -OCH3 is 3. The van der Waals surface area contributed by atoms with E-state index in [1.54, 1.807) is 21.3 Å². The van der Waals surface area contributed by atoms with Gasteiger partial charge in [0.15, 0.2) is 11.5 Å². The molecule has 0 atom stereocenters. The summed E-state index contributed by atoms with van der Waals surface area (Å²) in [6.07, 6.45) is 6.62. The van der Waals surface area contributed by atoms with Crippen molar-refractivity contribution in [3.8, 4) is 17.2 Å². The standard InChI is InChI=1S/C16H25NO3.C2H2O4/c1-18-14-9-12(10-15(19-2)16(14)20-3)11-17-13-7-5-4-6-8-13;3-1(4)2(5)6/h9-10,13,17H,4-8,11H2,1-3H3;(H,3,4)(H,5,6). The van der Waals surface area contributed by atoms with Crippen LogP contribution >= 0.6 is 0 Å². The van der Waals surface area contributed by atoms with Gasteiger partial charge in [0.2, 0.25) is 5.75 Å². The Morgan fingerprint density at radius 3 is 1.85 bits per heavy atom. The van der Waals surface area contributed by atoms with E-state index >= 15 is 0 Å². The van der Waals surface area contributed by atoms with E-state index in [2.05, 4.69) is 5.32 Å². The summed E-state index contributed by atoms with van der Waals surface area (Å²) in [6, 6.07) is 4.66. The molecule has 2 rings (SSSR count). The van der Waals surface area contributed by atoms with Gasteiger partial charge in [0.25, 0.3) is 0 Å². The van der Waals surface area contributed by atoms with Gasteiger partial charge in [-0.2, -0.15) is 0 Å². The number of carboxylic acid groups (broad SMARTS) is 2. The number of ether oxygens (including phenoxy) is 3. The predicted molar refractivity (Wildman–Crippen MR) is 95.1 cm³/mol. The molecule has 0 radical (unpaired) electrons. The Balaban J connectivity index is 0.000000487. The first-order valence-electron chi connectivity index (χ1n) is 8.41. The minimum absolute atomic E-state index is 0.642. The van der Waals surface area contributed by atoms with E-state index in [0.717, 1.165) is 12.1 Å². The van der Waals surface area contributed by atoms with Crippen molar-refractivity contribution in [2.75, 3.05) is 21.3 Å². The average Bonchev–Trinajstić information content (AvgIpc) is 2.66. The van der Waals surface area contributed by atoms with Crippen LogP contribution in [0.3, 0.4) is 0 Å². The summed E-state index contributed by atoms with van der Waals surface area (Å²) < 4.78 is 16.1. The van der Waals surface area contributed by atoms with Crippen molar-refractivity contribution in [3.05, 3.63) is 17.7 Å². The first-order chi connectivity index (χ1) is 12.4.